The molecule has 1 atom stereocenters. The van der Waals surface area contributed by atoms with E-state index in [1.807, 2.05) is 0 Å². The van der Waals surface area contributed by atoms with E-state index in [1.54, 1.807) is 29.2 Å². The van der Waals surface area contributed by atoms with Gasteiger partial charge in [0.2, 0.25) is 10.0 Å². The lowest BCUT2D eigenvalue weighted by molar-refractivity contribution is -0.192. The van der Waals surface area contributed by atoms with Gasteiger partial charge >= 0.3 is 12.1 Å². The lowest BCUT2D eigenvalue weighted by Crippen LogP contribution is -2.66. The molecule has 10 nitrogen and oxygen atoms in total. The fourth-order valence-corrected chi connectivity index (χ4v) is 5.74. The molecule has 2 aliphatic rings. The largest absolute Gasteiger partial charge is 0.490 e. The number of aromatic nitrogens is 2. The molecule has 0 saturated carbocycles. The van der Waals surface area contributed by atoms with Crippen LogP contribution in [0.3, 0.4) is 0 Å². The summed E-state index contributed by atoms with van der Waals surface area (Å²) in [5, 5.41) is 11.7. The number of nitrogens with zero attached hydrogens (tertiary/aromatic N) is 3. The van der Waals surface area contributed by atoms with Gasteiger partial charge in [-0.25, -0.2) is 18.2 Å². The lowest BCUT2D eigenvalue weighted by Gasteiger charge is -2.49. The van der Waals surface area contributed by atoms with Gasteiger partial charge < -0.3 is 15.2 Å². The molecular formula is C19H21F3N4O6S2. The highest BCUT2D eigenvalue weighted by Crippen LogP contribution is 2.43. The summed E-state index contributed by atoms with van der Waals surface area (Å²) in [4.78, 5) is 29.0. The van der Waals surface area contributed by atoms with Gasteiger partial charge in [0, 0.05) is 44.0 Å². The normalized spacial score (nSPS) is 19.7. The van der Waals surface area contributed by atoms with Crippen molar-refractivity contribution in [3.63, 3.8) is 0 Å². The lowest BCUT2D eigenvalue weighted by atomic mass is 9.80. The predicted molar refractivity (Wildman–Crippen MR) is 113 cm³/mol. The number of amides is 1. The van der Waals surface area contributed by atoms with Crippen LogP contribution in [0.5, 0.6) is 0 Å². The second-order valence-corrected chi connectivity index (χ2v) is 10.2. The third kappa shape index (κ3) is 5.89. The van der Waals surface area contributed by atoms with Gasteiger partial charge in [0.05, 0.1) is 11.1 Å². The van der Waals surface area contributed by atoms with Gasteiger partial charge in [0.1, 0.15) is 10.6 Å². The smallest absolute Gasteiger partial charge is 0.475 e. The number of thiazole rings is 1. The van der Waals surface area contributed by atoms with E-state index in [-0.39, 0.29) is 16.7 Å². The van der Waals surface area contributed by atoms with Crippen LogP contribution in [-0.4, -0.2) is 77.7 Å². The minimum Gasteiger partial charge on any atom is -0.475 e. The maximum atomic E-state index is 12.7. The van der Waals surface area contributed by atoms with Crippen LogP contribution < -0.4 is 5.32 Å². The van der Waals surface area contributed by atoms with Crippen LogP contribution in [0.4, 0.5) is 13.2 Å². The number of halogens is 3. The highest BCUT2D eigenvalue weighted by molar-refractivity contribution is 7.89. The molecule has 1 unspecified atom stereocenters. The van der Waals surface area contributed by atoms with E-state index in [0.717, 1.165) is 12.8 Å². The monoisotopic (exact) mass is 522 g/mol. The minimum absolute atomic E-state index is 0.182. The first-order valence-electron chi connectivity index (χ1n) is 9.96. The van der Waals surface area contributed by atoms with Gasteiger partial charge in [-0.2, -0.15) is 17.5 Å². The first kappa shape index (κ1) is 26.0. The Bertz CT molecular complexity index is 1090. The molecule has 34 heavy (non-hydrogen) atoms. The molecule has 1 spiro atoms. The third-order valence-electron chi connectivity index (χ3n) is 5.45. The summed E-state index contributed by atoms with van der Waals surface area (Å²) in [6, 6.07) is 3.16. The van der Waals surface area contributed by atoms with Gasteiger partial charge in [-0.05, 0) is 30.9 Å². The molecule has 15 heteroatoms. The standard InChI is InChI=1S/C17H20N4O4S2.C2HF3O2/c22-16(15-9-26-12-20-15)19-6-3-13-4-7-25-17(13)10-21(11-17)27(23,24)14-2-1-5-18-8-14;3-2(4,5)1(6)7/h1-2,5,8-9,12-13H,3-4,6-7,10-11H2,(H,19,22);(H,6,7). The number of hydrogen-bond acceptors (Lipinski definition) is 8. The quantitative estimate of drug-likeness (QED) is 0.585. The molecule has 4 rings (SSSR count). The van der Waals surface area contributed by atoms with Crippen molar-refractivity contribution in [2.75, 3.05) is 26.2 Å². The van der Waals surface area contributed by atoms with Crippen LogP contribution in [0.25, 0.3) is 0 Å². The van der Waals surface area contributed by atoms with Crippen molar-refractivity contribution < 1.29 is 41.0 Å². The molecule has 186 valence electrons. The summed E-state index contributed by atoms with van der Waals surface area (Å²) in [5.41, 5.74) is 1.61. The number of pyridine rings is 1. The van der Waals surface area contributed by atoms with E-state index in [2.05, 4.69) is 15.3 Å². The first-order chi connectivity index (χ1) is 16.0. The number of sulfonamides is 1. The summed E-state index contributed by atoms with van der Waals surface area (Å²) in [6.45, 7) is 1.82. The number of alkyl halides is 3. The zero-order valence-corrected chi connectivity index (χ0v) is 19.2. The molecule has 0 aromatic carbocycles. The van der Waals surface area contributed by atoms with Crippen molar-refractivity contribution in [2.24, 2.45) is 5.92 Å². The average Bonchev–Trinajstić information content (AvgIpc) is 3.43. The Labute approximate surface area is 196 Å². The average molecular weight is 523 g/mol. The Morgan fingerprint density at radius 3 is 2.62 bits per heavy atom. The van der Waals surface area contributed by atoms with Crippen molar-refractivity contribution >= 4 is 33.2 Å². The summed E-state index contributed by atoms with van der Waals surface area (Å²) in [7, 11) is -3.54. The van der Waals surface area contributed by atoms with Gasteiger partial charge in [-0.3, -0.25) is 9.78 Å². The van der Waals surface area contributed by atoms with Crippen molar-refractivity contribution in [3.8, 4) is 0 Å². The van der Waals surface area contributed by atoms with E-state index in [1.165, 1.54) is 21.8 Å². The fraction of sp³-hybridized carbons (Fsp3) is 0.474. The first-order valence-corrected chi connectivity index (χ1v) is 12.3. The number of ether oxygens (including phenoxy) is 1. The Morgan fingerprint density at radius 2 is 2.06 bits per heavy atom. The summed E-state index contributed by atoms with van der Waals surface area (Å²) >= 11 is 1.38. The van der Waals surface area contributed by atoms with E-state index in [0.29, 0.717) is 31.9 Å². The number of aliphatic carboxylic acids is 1. The Balaban J connectivity index is 0.000000406. The van der Waals surface area contributed by atoms with Crippen molar-refractivity contribution in [2.45, 2.75) is 29.5 Å². The number of nitrogens with one attached hydrogen (secondary N) is 1. The van der Waals surface area contributed by atoms with Crippen molar-refractivity contribution in [1.29, 1.82) is 0 Å². The number of carboxylic acids is 1. The number of hydrogen-bond donors (Lipinski definition) is 2. The molecule has 2 fully saturated rings. The summed E-state index contributed by atoms with van der Waals surface area (Å²) in [5.74, 6) is -2.72. The molecule has 2 aromatic heterocycles. The fourth-order valence-electron chi connectivity index (χ4n) is 3.69. The van der Waals surface area contributed by atoms with Gasteiger partial charge in [0.15, 0.2) is 0 Å². The SMILES string of the molecule is O=C(NCCC1CCOC12CN(S(=O)(=O)c1cccnc1)C2)c1cscn1.O=C(O)C(F)(F)F. The van der Waals surface area contributed by atoms with E-state index in [4.69, 9.17) is 14.6 Å². The maximum Gasteiger partial charge on any atom is 0.490 e. The maximum absolute atomic E-state index is 12.7. The second-order valence-electron chi connectivity index (χ2n) is 7.58. The zero-order chi connectivity index (χ0) is 25.0. The molecule has 2 aromatic rings. The van der Waals surface area contributed by atoms with E-state index >= 15 is 0 Å². The molecule has 0 bridgehead atoms. The highest BCUT2D eigenvalue weighted by atomic mass is 32.2. The molecular weight excluding hydrogens is 501 g/mol. The molecule has 4 heterocycles. The molecule has 0 aliphatic carbocycles. The molecule has 2 N–H and O–H groups in total. The van der Waals surface area contributed by atoms with E-state index < -0.39 is 27.8 Å². The second kappa shape index (κ2) is 10.3. The third-order valence-corrected chi connectivity index (χ3v) is 7.81. The number of carbonyl (C=O) groups excluding carboxylic acids is 1. The van der Waals surface area contributed by atoms with Crippen LogP contribution in [0.2, 0.25) is 0 Å². The number of carbonyl (C=O) groups is 2. The van der Waals surface area contributed by atoms with Crippen LogP contribution in [0, 0.1) is 5.92 Å². The Kier molecular flexibility index (Phi) is 7.90. The topological polar surface area (TPSA) is 139 Å². The summed E-state index contributed by atoms with van der Waals surface area (Å²) in [6.07, 6.45) is -0.558. The highest BCUT2D eigenvalue weighted by Gasteiger charge is 2.56. The molecule has 2 aliphatic heterocycles. The van der Waals surface area contributed by atoms with Gasteiger partial charge in [-0.15, -0.1) is 11.3 Å². The van der Waals surface area contributed by atoms with Gasteiger partial charge in [0.25, 0.3) is 5.91 Å². The van der Waals surface area contributed by atoms with Crippen LogP contribution in [-0.2, 0) is 19.6 Å². The van der Waals surface area contributed by atoms with Crippen molar-refractivity contribution in [1.82, 2.24) is 19.6 Å². The Morgan fingerprint density at radius 1 is 1.35 bits per heavy atom. The molecule has 2 saturated heterocycles. The number of carboxylic acid groups (broad SMARTS) is 1. The van der Waals surface area contributed by atoms with E-state index in [9.17, 15) is 26.4 Å². The van der Waals surface area contributed by atoms with Crippen molar-refractivity contribution in [3.05, 3.63) is 41.1 Å². The van der Waals surface area contributed by atoms with Crippen LogP contribution >= 0.6 is 11.3 Å². The molecule has 0 radical (unpaired) electrons. The minimum atomic E-state index is -5.08. The van der Waals surface area contributed by atoms with Crippen LogP contribution in [0.15, 0.2) is 40.3 Å². The van der Waals surface area contributed by atoms with Gasteiger partial charge in [-0.1, -0.05) is 0 Å². The summed E-state index contributed by atoms with van der Waals surface area (Å²) < 4.78 is 64.4. The van der Waals surface area contributed by atoms with Crippen LogP contribution in [0.1, 0.15) is 23.3 Å². The molecule has 1 amide bonds. The zero-order valence-electron chi connectivity index (χ0n) is 17.6. The Hall–Kier alpha value is -2.62. The number of rotatable bonds is 6. The predicted octanol–water partition coefficient (Wildman–Crippen LogP) is 1.77.